The van der Waals surface area contributed by atoms with E-state index in [0.29, 0.717) is 12.8 Å². The fraction of sp³-hybridized carbons (Fsp3) is 0.800. The van der Waals surface area contributed by atoms with Gasteiger partial charge in [-0.3, -0.25) is 14.3 Å². The molecule has 16 heavy (non-hydrogen) atoms. The van der Waals surface area contributed by atoms with Crippen LogP contribution >= 0.6 is 0 Å². The molecule has 1 rings (SSSR count). The van der Waals surface area contributed by atoms with Crippen LogP contribution in [0.1, 0.15) is 39.0 Å². The van der Waals surface area contributed by atoms with Crippen molar-refractivity contribution in [1.82, 2.24) is 4.72 Å². The van der Waals surface area contributed by atoms with Crippen LogP contribution in [0.5, 0.6) is 0 Å². The molecule has 0 saturated heterocycles. The molecule has 1 fully saturated rings. The van der Waals surface area contributed by atoms with Gasteiger partial charge < -0.3 is 0 Å². The Labute approximate surface area is 95.7 Å². The molecule has 0 spiro atoms. The van der Waals surface area contributed by atoms with E-state index in [4.69, 9.17) is 0 Å². The summed E-state index contributed by atoms with van der Waals surface area (Å²) < 4.78 is 24.4. The Morgan fingerprint density at radius 1 is 1.31 bits per heavy atom. The van der Waals surface area contributed by atoms with Crippen molar-refractivity contribution in [2.75, 3.05) is 5.75 Å². The summed E-state index contributed by atoms with van der Waals surface area (Å²) in [4.78, 5) is 22.7. The molecule has 0 aliphatic heterocycles. The number of hydrogen-bond donors (Lipinski definition) is 1. The average molecular weight is 246 g/mol. The highest BCUT2D eigenvalue weighted by Gasteiger charge is 2.41. The number of sulfonamides is 1. The maximum absolute atomic E-state index is 11.8. The maximum Gasteiger partial charge on any atom is 0.247 e. The highest BCUT2D eigenvalue weighted by atomic mass is 32.2. The first-order valence-corrected chi connectivity index (χ1v) is 7.05. The van der Waals surface area contributed by atoms with Gasteiger partial charge in [0.15, 0.2) is 0 Å². The zero-order valence-electron chi connectivity index (χ0n) is 9.28. The van der Waals surface area contributed by atoms with Crippen molar-refractivity contribution >= 4 is 22.2 Å². The van der Waals surface area contributed by atoms with E-state index in [1.807, 2.05) is 4.72 Å². The Morgan fingerprint density at radius 3 is 2.31 bits per heavy atom. The van der Waals surface area contributed by atoms with Crippen LogP contribution in [-0.2, 0) is 19.6 Å². The predicted octanol–water partition coefficient (Wildman–Crippen LogP) is 0.512. The van der Waals surface area contributed by atoms with Crippen LogP contribution in [0.25, 0.3) is 0 Å². The van der Waals surface area contributed by atoms with E-state index in [-0.39, 0.29) is 5.75 Å². The van der Waals surface area contributed by atoms with Gasteiger partial charge in [-0.15, -0.1) is 0 Å². The number of amides is 1. The van der Waals surface area contributed by atoms with Crippen molar-refractivity contribution < 1.29 is 18.0 Å². The van der Waals surface area contributed by atoms with Gasteiger partial charge in [-0.05, 0) is 19.8 Å². The lowest BCUT2D eigenvalue weighted by atomic mass is 9.75. The van der Waals surface area contributed by atoms with Crippen LogP contribution in [0, 0.1) is 5.41 Å². The van der Waals surface area contributed by atoms with E-state index in [9.17, 15) is 18.0 Å². The van der Waals surface area contributed by atoms with Gasteiger partial charge in [0.25, 0.3) is 0 Å². The van der Waals surface area contributed by atoms with Crippen molar-refractivity contribution in [3.63, 3.8) is 0 Å². The molecule has 0 aromatic heterocycles. The Bertz CT molecular complexity index is 368. The molecule has 0 aromatic rings. The molecule has 1 saturated carbocycles. The third kappa shape index (κ3) is 2.81. The lowest BCUT2D eigenvalue weighted by molar-refractivity contribution is -0.127. The van der Waals surface area contributed by atoms with Crippen molar-refractivity contribution in [3.05, 3.63) is 0 Å². The van der Waals surface area contributed by atoms with E-state index in [2.05, 4.69) is 0 Å². The van der Waals surface area contributed by atoms with E-state index in [0.717, 1.165) is 19.3 Å². The number of carbonyl (C=O) groups excluding carboxylic acids is 2. The molecule has 1 aliphatic carbocycles. The molecule has 1 aliphatic rings. The molecule has 0 unspecified atom stereocenters. The average Bonchev–Trinajstić information content (AvgIpc) is 2.29. The topological polar surface area (TPSA) is 80.3 Å². The molecule has 6 heteroatoms. The third-order valence-corrected chi connectivity index (χ3v) is 4.22. The minimum absolute atomic E-state index is 0.173. The second kappa shape index (κ2) is 4.95. The smallest absolute Gasteiger partial charge is 0.247 e. The molecular formula is C10H16NO4S. The molecule has 91 valence electrons. The van der Waals surface area contributed by atoms with E-state index >= 15 is 0 Å². The summed E-state index contributed by atoms with van der Waals surface area (Å²) in [5.74, 6) is -0.891. The fourth-order valence-electron chi connectivity index (χ4n) is 1.84. The van der Waals surface area contributed by atoms with Gasteiger partial charge in [0, 0.05) is 0 Å². The van der Waals surface area contributed by atoms with Crippen LogP contribution in [0.4, 0.5) is 0 Å². The normalized spacial score (nSPS) is 20.1. The minimum atomic E-state index is -3.59. The fourth-order valence-corrected chi connectivity index (χ4v) is 2.46. The largest absolute Gasteiger partial charge is 0.290 e. The van der Waals surface area contributed by atoms with Gasteiger partial charge in [-0.25, -0.2) is 8.42 Å². The summed E-state index contributed by atoms with van der Waals surface area (Å²) in [5.41, 5.74) is -1.25. The summed E-state index contributed by atoms with van der Waals surface area (Å²) in [6.07, 6.45) is 5.01. The van der Waals surface area contributed by atoms with Crippen molar-refractivity contribution in [2.45, 2.75) is 39.0 Å². The highest BCUT2D eigenvalue weighted by molar-refractivity contribution is 7.90. The standard InChI is InChI=1S/C10H16NO4S/c1-2-16(14,15)11-9(13)10(8-12)6-4-3-5-7-10/h2-7H2,1H3,(H,11,13). The second-order valence-corrected chi connectivity index (χ2v) is 6.09. The summed E-state index contributed by atoms with van der Waals surface area (Å²) in [7, 11) is -3.59. The monoisotopic (exact) mass is 246 g/mol. The Balaban J connectivity index is 2.81. The number of rotatable bonds is 4. The van der Waals surface area contributed by atoms with Crippen LogP contribution in [0.3, 0.4) is 0 Å². The summed E-state index contributed by atoms with van der Waals surface area (Å²) >= 11 is 0. The zero-order chi connectivity index (χ0) is 12.2. The van der Waals surface area contributed by atoms with Crippen molar-refractivity contribution in [2.24, 2.45) is 5.41 Å². The molecule has 1 N–H and O–H groups in total. The molecule has 0 atom stereocenters. The van der Waals surface area contributed by atoms with Crippen molar-refractivity contribution in [3.8, 4) is 0 Å². The number of hydrogen-bond acceptors (Lipinski definition) is 4. The Hall–Kier alpha value is -0.910. The molecule has 1 amide bonds. The Morgan fingerprint density at radius 2 is 1.88 bits per heavy atom. The first kappa shape index (κ1) is 13.2. The molecule has 0 bridgehead atoms. The van der Waals surface area contributed by atoms with Gasteiger partial charge in [-0.1, -0.05) is 19.3 Å². The quantitative estimate of drug-likeness (QED) is 0.733. The molecule has 5 nitrogen and oxygen atoms in total. The van der Waals surface area contributed by atoms with E-state index in [1.165, 1.54) is 6.92 Å². The van der Waals surface area contributed by atoms with Gasteiger partial charge >= 0.3 is 0 Å². The van der Waals surface area contributed by atoms with Gasteiger partial charge in [-0.2, -0.15) is 0 Å². The van der Waals surface area contributed by atoms with Crippen LogP contribution < -0.4 is 4.72 Å². The van der Waals surface area contributed by atoms with Crippen LogP contribution in [0.2, 0.25) is 0 Å². The van der Waals surface area contributed by atoms with Crippen LogP contribution in [0.15, 0.2) is 0 Å². The second-order valence-electron chi connectivity index (χ2n) is 4.08. The zero-order valence-corrected chi connectivity index (χ0v) is 10.1. The molecule has 0 heterocycles. The maximum atomic E-state index is 11.8. The molecule has 1 radical (unpaired) electrons. The number of carbonyl (C=O) groups is 1. The van der Waals surface area contributed by atoms with Crippen molar-refractivity contribution in [1.29, 1.82) is 0 Å². The summed E-state index contributed by atoms with van der Waals surface area (Å²) in [6.45, 7) is 1.44. The SMILES string of the molecule is CCS(=O)(=O)NC(=O)C1([C]=O)CCCCC1. The molecular weight excluding hydrogens is 230 g/mol. The highest BCUT2D eigenvalue weighted by Crippen LogP contribution is 2.34. The first-order valence-electron chi connectivity index (χ1n) is 5.40. The summed E-state index contributed by atoms with van der Waals surface area (Å²) in [6, 6.07) is 0. The first-order chi connectivity index (χ1) is 7.46. The van der Waals surface area contributed by atoms with Gasteiger partial charge in [0.05, 0.1) is 5.75 Å². The summed E-state index contributed by atoms with van der Waals surface area (Å²) in [5, 5.41) is 0. The van der Waals surface area contributed by atoms with Gasteiger partial charge in [0.1, 0.15) is 5.41 Å². The lowest BCUT2D eigenvalue weighted by Crippen LogP contribution is -2.46. The minimum Gasteiger partial charge on any atom is -0.290 e. The molecule has 0 aromatic carbocycles. The third-order valence-electron chi connectivity index (χ3n) is 2.97. The van der Waals surface area contributed by atoms with E-state index in [1.54, 1.807) is 6.29 Å². The predicted molar refractivity (Wildman–Crippen MR) is 58.8 cm³/mol. The number of nitrogens with one attached hydrogen (secondary N) is 1. The van der Waals surface area contributed by atoms with E-state index < -0.39 is 21.3 Å². The Kier molecular flexibility index (Phi) is 4.07. The van der Waals surface area contributed by atoms with Gasteiger partial charge in [0.2, 0.25) is 22.2 Å². The van der Waals surface area contributed by atoms with Crippen LogP contribution in [-0.4, -0.2) is 26.4 Å². The lowest BCUT2D eigenvalue weighted by Gasteiger charge is -2.29.